The molecule has 84 valence electrons. The summed E-state index contributed by atoms with van der Waals surface area (Å²) in [6.45, 7) is 0.305. The van der Waals surface area contributed by atoms with Crippen LogP contribution < -0.4 is 10.5 Å². The highest BCUT2D eigenvalue weighted by atomic mass is 35.5. The molecule has 0 aliphatic heterocycles. The van der Waals surface area contributed by atoms with E-state index in [9.17, 15) is 0 Å². The van der Waals surface area contributed by atoms with Crippen LogP contribution in [0.3, 0.4) is 0 Å². The van der Waals surface area contributed by atoms with Gasteiger partial charge in [-0.05, 0) is 18.2 Å². The van der Waals surface area contributed by atoms with Crippen molar-refractivity contribution >= 4 is 11.6 Å². The van der Waals surface area contributed by atoms with E-state index in [2.05, 4.69) is 4.98 Å². The lowest BCUT2D eigenvalue weighted by Crippen LogP contribution is -1.96. The Balaban J connectivity index is 2.45. The third-order valence-electron chi connectivity index (χ3n) is 2.25. The summed E-state index contributed by atoms with van der Waals surface area (Å²) in [4.78, 5) is 4.11. The molecular formula is C11H11ClN2O2. The molecule has 0 saturated carbocycles. The van der Waals surface area contributed by atoms with Crippen molar-refractivity contribution in [1.29, 1.82) is 0 Å². The van der Waals surface area contributed by atoms with Crippen molar-refractivity contribution in [3.8, 4) is 17.0 Å². The number of hydrogen-bond acceptors (Lipinski definition) is 4. The molecule has 0 unspecified atom stereocenters. The molecule has 2 aromatic rings. The van der Waals surface area contributed by atoms with Gasteiger partial charge in [-0.3, -0.25) is 0 Å². The van der Waals surface area contributed by atoms with Crippen molar-refractivity contribution in [1.82, 2.24) is 4.98 Å². The van der Waals surface area contributed by atoms with Crippen LogP contribution in [0.1, 0.15) is 5.76 Å². The summed E-state index contributed by atoms with van der Waals surface area (Å²) in [5, 5.41) is 0.533. The fraction of sp³-hybridized carbons (Fsp3) is 0.182. The zero-order chi connectivity index (χ0) is 11.5. The van der Waals surface area contributed by atoms with Crippen molar-refractivity contribution in [2.45, 2.75) is 6.54 Å². The first-order valence-electron chi connectivity index (χ1n) is 4.72. The fourth-order valence-corrected chi connectivity index (χ4v) is 1.72. The predicted octanol–water partition coefficient (Wildman–Crippen LogP) is 2.46. The number of nitrogens with two attached hydrogens (primary N) is 1. The monoisotopic (exact) mass is 238 g/mol. The van der Waals surface area contributed by atoms with E-state index in [-0.39, 0.29) is 0 Å². The Kier molecular flexibility index (Phi) is 3.12. The van der Waals surface area contributed by atoms with Gasteiger partial charge in [0.25, 0.3) is 0 Å². The highest BCUT2D eigenvalue weighted by Crippen LogP contribution is 2.30. The van der Waals surface area contributed by atoms with Crippen LogP contribution in [-0.4, -0.2) is 12.1 Å². The average molecular weight is 239 g/mol. The van der Waals surface area contributed by atoms with Gasteiger partial charge in [0, 0.05) is 5.56 Å². The number of aromatic nitrogens is 1. The van der Waals surface area contributed by atoms with E-state index in [1.165, 1.54) is 6.39 Å². The molecule has 0 aliphatic carbocycles. The Morgan fingerprint density at radius 1 is 1.50 bits per heavy atom. The highest BCUT2D eigenvalue weighted by Gasteiger charge is 2.11. The first kappa shape index (κ1) is 11.0. The maximum absolute atomic E-state index is 6.03. The molecule has 0 spiro atoms. The number of oxazole rings is 1. The summed E-state index contributed by atoms with van der Waals surface area (Å²) in [6, 6.07) is 5.42. The topological polar surface area (TPSA) is 61.3 Å². The number of methoxy groups -OCH3 is 1. The first-order valence-corrected chi connectivity index (χ1v) is 5.10. The van der Waals surface area contributed by atoms with Gasteiger partial charge in [0.15, 0.2) is 6.39 Å². The Morgan fingerprint density at radius 2 is 2.31 bits per heavy atom. The maximum atomic E-state index is 6.03. The SMILES string of the molecule is COc1ccc(-c2ncoc2CN)cc1Cl. The summed E-state index contributed by atoms with van der Waals surface area (Å²) in [5.74, 6) is 1.27. The standard InChI is InChI=1S/C11H11ClN2O2/c1-15-9-3-2-7(4-8(9)12)11-10(5-13)16-6-14-11/h2-4,6H,5,13H2,1H3. The van der Waals surface area contributed by atoms with Gasteiger partial charge in [-0.1, -0.05) is 11.6 Å². The van der Waals surface area contributed by atoms with Crippen LogP contribution in [0.25, 0.3) is 11.3 Å². The molecule has 4 nitrogen and oxygen atoms in total. The van der Waals surface area contributed by atoms with Crippen LogP contribution >= 0.6 is 11.6 Å². The summed E-state index contributed by atoms with van der Waals surface area (Å²) < 4.78 is 10.2. The number of hydrogen-bond donors (Lipinski definition) is 1. The van der Waals surface area contributed by atoms with Crippen LogP contribution in [-0.2, 0) is 6.54 Å². The van der Waals surface area contributed by atoms with Gasteiger partial charge in [0.05, 0.1) is 18.7 Å². The summed E-state index contributed by atoms with van der Waals surface area (Å²) >= 11 is 6.03. The van der Waals surface area contributed by atoms with E-state index in [1.54, 1.807) is 19.2 Å². The zero-order valence-electron chi connectivity index (χ0n) is 8.74. The smallest absolute Gasteiger partial charge is 0.181 e. The minimum absolute atomic E-state index is 0.305. The van der Waals surface area contributed by atoms with Crippen molar-refractivity contribution in [3.63, 3.8) is 0 Å². The highest BCUT2D eigenvalue weighted by molar-refractivity contribution is 6.32. The van der Waals surface area contributed by atoms with E-state index >= 15 is 0 Å². The third-order valence-corrected chi connectivity index (χ3v) is 2.55. The quantitative estimate of drug-likeness (QED) is 0.892. The maximum Gasteiger partial charge on any atom is 0.181 e. The first-order chi connectivity index (χ1) is 7.76. The number of ether oxygens (including phenoxy) is 1. The van der Waals surface area contributed by atoms with Crippen LogP contribution in [0.15, 0.2) is 29.0 Å². The van der Waals surface area contributed by atoms with Gasteiger partial charge in [-0.25, -0.2) is 4.98 Å². The van der Waals surface area contributed by atoms with Gasteiger partial charge in [-0.2, -0.15) is 0 Å². The summed E-state index contributed by atoms with van der Waals surface area (Å²) in [7, 11) is 1.57. The van der Waals surface area contributed by atoms with Crippen molar-refractivity contribution in [2.24, 2.45) is 5.73 Å². The zero-order valence-corrected chi connectivity index (χ0v) is 9.49. The molecule has 1 heterocycles. The van der Waals surface area contributed by atoms with Gasteiger partial charge in [0.2, 0.25) is 0 Å². The molecular weight excluding hydrogens is 228 g/mol. The van der Waals surface area contributed by atoms with Crippen LogP contribution in [0, 0.1) is 0 Å². The molecule has 0 radical (unpaired) electrons. The summed E-state index contributed by atoms with van der Waals surface area (Å²) in [5.41, 5.74) is 7.11. The molecule has 2 N–H and O–H groups in total. The Labute approximate surface area is 98.0 Å². The van der Waals surface area contributed by atoms with E-state index < -0.39 is 0 Å². The molecule has 1 aromatic carbocycles. The van der Waals surface area contributed by atoms with Crippen LogP contribution in [0.5, 0.6) is 5.75 Å². The molecule has 0 aliphatic rings. The van der Waals surface area contributed by atoms with Gasteiger partial charge >= 0.3 is 0 Å². The lowest BCUT2D eigenvalue weighted by Gasteiger charge is -2.04. The largest absolute Gasteiger partial charge is 0.495 e. The van der Waals surface area contributed by atoms with E-state index in [4.69, 9.17) is 26.5 Å². The molecule has 0 atom stereocenters. The summed E-state index contributed by atoms with van der Waals surface area (Å²) in [6.07, 6.45) is 1.37. The van der Waals surface area contributed by atoms with Gasteiger partial charge < -0.3 is 14.9 Å². The third kappa shape index (κ3) is 1.89. The van der Waals surface area contributed by atoms with E-state index in [0.717, 1.165) is 5.56 Å². The predicted molar refractivity (Wildman–Crippen MR) is 61.4 cm³/mol. The molecule has 5 heteroatoms. The lowest BCUT2D eigenvalue weighted by molar-refractivity contribution is 0.415. The second-order valence-electron chi connectivity index (χ2n) is 3.18. The van der Waals surface area contributed by atoms with Crippen molar-refractivity contribution < 1.29 is 9.15 Å². The number of nitrogens with zero attached hydrogens (tertiary/aromatic N) is 1. The number of halogens is 1. The normalized spacial score (nSPS) is 10.4. The van der Waals surface area contributed by atoms with Crippen molar-refractivity contribution in [2.75, 3.05) is 7.11 Å². The molecule has 16 heavy (non-hydrogen) atoms. The Morgan fingerprint density at radius 3 is 2.94 bits per heavy atom. The molecule has 0 fully saturated rings. The minimum atomic E-state index is 0.305. The molecule has 0 amide bonds. The van der Waals surface area contributed by atoms with E-state index in [1.807, 2.05) is 6.07 Å². The Bertz CT molecular complexity index is 496. The minimum Gasteiger partial charge on any atom is -0.495 e. The van der Waals surface area contributed by atoms with Crippen LogP contribution in [0.2, 0.25) is 5.02 Å². The van der Waals surface area contributed by atoms with Crippen LogP contribution in [0.4, 0.5) is 0 Å². The number of benzene rings is 1. The van der Waals surface area contributed by atoms with E-state index in [0.29, 0.717) is 28.8 Å². The average Bonchev–Trinajstić information content (AvgIpc) is 2.77. The fourth-order valence-electron chi connectivity index (χ4n) is 1.46. The molecule has 0 saturated heterocycles. The lowest BCUT2D eigenvalue weighted by atomic mass is 10.1. The van der Waals surface area contributed by atoms with Gasteiger partial charge in [-0.15, -0.1) is 0 Å². The number of rotatable bonds is 3. The molecule has 0 bridgehead atoms. The Hall–Kier alpha value is -1.52. The second-order valence-corrected chi connectivity index (χ2v) is 3.58. The van der Waals surface area contributed by atoms with Gasteiger partial charge in [0.1, 0.15) is 17.2 Å². The molecule has 2 rings (SSSR count). The second kappa shape index (κ2) is 4.55. The van der Waals surface area contributed by atoms with Crippen molar-refractivity contribution in [3.05, 3.63) is 35.4 Å². The molecule has 1 aromatic heterocycles.